The Morgan fingerprint density at radius 2 is 2.04 bits per heavy atom. The molecule has 3 aromatic heterocycles. The number of rotatable bonds is 4. The minimum absolute atomic E-state index is 0.972. The molecular weight excluding hydrogens is 318 g/mol. The summed E-state index contributed by atoms with van der Waals surface area (Å²) in [5.74, 6) is 1.09. The van der Waals surface area contributed by atoms with Gasteiger partial charge >= 0.3 is 0 Å². The van der Waals surface area contributed by atoms with E-state index in [1.807, 2.05) is 18.5 Å². The molecule has 0 aliphatic carbocycles. The molecule has 1 saturated heterocycles. The third kappa shape index (κ3) is 3.12. The van der Waals surface area contributed by atoms with Crippen molar-refractivity contribution in [2.75, 3.05) is 31.1 Å². The highest BCUT2D eigenvalue weighted by Crippen LogP contribution is 2.31. The second-order valence-corrected chi connectivity index (χ2v) is 7.22. The highest BCUT2D eigenvalue weighted by Gasteiger charge is 2.20. The third-order valence-electron chi connectivity index (χ3n) is 4.51. The van der Waals surface area contributed by atoms with Gasteiger partial charge in [0.05, 0.1) is 5.39 Å². The van der Waals surface area contributed by atoms with E-state index < -0.39 is 0 Å². The van der Waals surface area contributed by atoms with E-state index in [4.69, 9.17) is 0 Å². The smallest absolute Gasteiger partial charge is 0.140 e. The molecule has 0 N–H and O–H groups in total. The van der Waals surface area contributed by atoms with Gasteiger partial charge in [0.25, 0.3) is 0 Å². The minimum atomic E-state index is 0.972. The third-order valence-corrected chi connectivity index (χ3v) is 5.70. The standard InChI is InChI=1S/C18H21N5S/c1-2-15-10-16-17(20-13-21-18(16)24-15)23-8-6-22(7-9-23)12-14-4-3-5-19-11-14/h3-5,10-11,13H,2,6-9,12H2,1H3. The molecule has 1 aliphatic rings. The molecule has 0 amide bonds. The number of piperazine rings is 1. The predicted octanol–water partition coefficient (Wildman–Crippen LogP) is 2.97. The number of aryl methyl sites for hydroxylation is 1. The number of nitrogens with zero attached hydrogens (tertiary/aromatic N) is 5. The number of hydrogen-bond donors (Lipinski definition) is 0. The minimum Gasteiger partial charge on any atom is -0.353 e. The summed E-state index contributed by atoms with van der Waals surface area (Å²) in [6.45, 7) is 7.26. The second kappa shape index (κ2) is 6.83. The first-order valence-electron chi connectivity index (χ1n) is 8.43. The van der Waals surface area contributed by atoms with Crippen LogP contribution in [-0.2, 0) is 13.0 Å². The van der Waals surface area contributed by atoms with Crippen molar-refractivity contribution < 1.29 is 0 Å². The first-order chi connectivity index (χ1) is 11.8. The van der Waals surface area contributed by atoms with Crippen molar-refractivity contribution in [2.24, 2.45) is 0 Å². The largest absolute Gasteiger partial charge is 0.353 e. The molecule has 0 bridgehead atoms. The van der Waals surface area contributed by atoms with Crippen molar-refractivity contribution >= 4 is 27.4 Å². The van der Waals surface area contributed by atoms with Crippen LogP contribution in [0.3, 0.4) is 0 Å². The van der Waals surface area contributed by atoms with Crippen molar-refractivity contribution in [1.82, 2.24) is 19.9 Å². The molecule has 24 heavy (non-hydrogen) atoms. The molecule has 1 aliphatic heterocycles. The summed E-state index contributed by atoms with van der Waals surface area (Å²) in [7, 11) is 0. The zero-order valence-electron chi connectivity index (χ0n) is 13.9. The Kier molecular flexibility index (Phi) is 4.40. The molecular formula is C18H21N5S. The normalized spacial score (nSPS) is 16.0. The Labute approximate surface area is 146 Å². The number of fused-ring (bicyclic) bond motifs is 1. The average Bonchev–Trinajstić information content (AvgIpc) is 3.07. The Hall–Kier alpha value is -2.05. The molecule has 1 fully saturated rings. The van der Waals surface area contributed by atoms with Gasteiger partial charge in [0.15, 0.2) is 0 Å². The monoisotopic (exact) mass is 339 g/mol. The first-order valence-corrected chi connectivity index (χ1v) is 9.25. The van der Waals surface area contributed by atoms with E-state index >= 15 is 0 Å². The van der Waals surface area contributed by atoms with Crippen LogP contribution in [0, 0.1) is 0 Å². The SMILES string of the molecule is CCc1cc2c(N3CCN(Cc4cccnc4)CC3)ncnc2s1. The van der Waals surface area contributed by atoms with Crippen molar-refractivity contribution in [1.29, 1.82) is 0 Å². The second-order valence-electron chi connectivity index (χ2n) is 6.11. The fourth-order valence-electron chi connectivity index (χ4n) is 3.19. The molecule has 0 aromatic carbocycles. The summed E-state index contributed by atoms with van der Waals surface area (Å²) >= 11 is 1.78. The molecule has 5 nitrogen and oxygen atoms in total. The van der Waals surface area contributed by atoms with Gasteiger partial charge < -0.3 is 4.90 Å². The summed E-state index contributed by atoms with van der Waals surface area (Å²) in [4.78, 5) is 20.6. The average molecular weight is 339 g/mol. The van der Waals surface area contributed by atoms with Gasteiger partial charge in [-0.3, -0.25) is 9.88 Å². The molecule has 6 heteroatoms. The van der Waals surface area contributed by atoms with Crippen LogP contribution in [-0.4, -0.2) is 46.0 Å². The first kappa shape index (κ1) is 15.5. The molecule has 4 rings (SSSR count). The van der Waals surface area contributed by atoms with Gasteiger partial charge in [-0.2, -0.15) is 0 Å². The quantitative estimate of drug-likeness (QED) is 0.731. The molecule has 0 radical (unpaired) electrons. The van der Waals surface area contributed by atoms with Gasteiger partial charge in [0.2, 0.25) is 0 Å². The Morgan fingerprint density at radius 1 is 1.17 bits per heavy atom. The maximum Gasteiger partial charge on any atom is 0.140 e. The topological polar surface area (TPSA) is 45.2 Å². The molecule has 124 valence electrons. The number of pyridine rings is 1. The van der Waals surface area contributed by atoms with E-state index in [1.54, 1.807) is 17.7 Å². The molecule has 0 spiro atoms. The van der Waals surface area contributed by atoms with Crippen LogP contribution in [0.25, 0.3) is 10.2 Å². The van der Waals surface area contributed by atoms with Gasteiger partial charge in [0, 0.05) is 50.0 Å². The summed E-state index contributed by atoms with van der Waals surface area (Å²) in [5, 5.41) is 1.21. The van der Waals surface area contributed by atoms with Crippen molar-refractivity contribution in [2.45, 2.75) is 19.9 Å². The van der Waals surface area contributed by atoms with Crippen LogP contribution < -0.4 is 4.90 Å². The number of aromatic nitrogens is 3. The number of thiophene rings is 1. The molecule has 0 atom stereocenters. The van der Waals surface area contributed by atoms with Crippen LogP contribution in [0.5, 0.6) is 0 Å². The maximum atomic E-state index is 4.58. The highest BCUT2D eigenvalue weighted by atomic mass is 32.1. The van der Waals surface area contributed by atoms with Crippen LogP contribution in [0.2, 0.25) is 0 Å². The lowest BCUT2D eigenvalue weighted by molar-refractivity contribution is 0.249. The van der Waals surface area contributed by atoms with E-state index in [0.29, 0.717) is 0 Å². The van der Waals surface area contributed by atoms with E-state index in [9.17, 15) is 0 Å². The Bertz CT molecular complexity index is 809. The van der Waals surface area contributed by atoms with Crippen molar-refractivity contribution in [3.05, 3.63) is 47.4 Å². The maximum absolute atomic E-state index is 4.58. The van der Waals surface area contributed by atoms with E-state index in [2.05, 4.69) is 43.8 Å². The van der Waals surface area contributed by atoms with Gasteiger partial charge in [0.1, 0.15) is 17.0 Å². The highest BCUT2D eigenvalue weighted by molar-refractivity contribution is 7.18. The predicted molar refractivity (Wildman–Crippen MR) is 98.5 cm³/mol. The van der Waals surface area contributed by atoms with Crippen LogP contribution in [0.4, 0.5) is 5.82 Å². The molecule has 3 aromatic rings. The Balaban J connectivity index is 1.47. The zero-order chi connectivity index (χ0) is 16.4. The van der Waals surface area contributed by atoms with Crippen molar-refractivity contribution in [3.8, 4) is 0 Å². The van der Waals surface area contributed by atoms with E-state index in [-0.39, 0.29) is 0 Å². The lowest BCUT2D eigenvalue weighted by Crippen LogP contribution is -2.46. The van der Waals surface area contributed by atoms with E-state index in [1.165, 1.54) is 15.8 Å². The summed E-state index contributed by atoms with van der Waals surface area (Å²) in [6.07, 6.45) is 6.54. The fraction of sp³-hybridized carbons (Fsp3) is 0.389. The van der Waals surface area contributed by atoms with Crippen LogP contribution in [0.1, 0.15) is 17.4 Å². The zero-order valence-corrected chi connectivity index (χ0v) is 14.7. The van der Waals surface area contributed by atoms with Gasteiger partial charge in [-0.15, -0.1) is 11.3 Å². The lowest BCUT2D eigenvalue weighted by atomic mass is 10.2. The molecule has 0 unspecified atom stereocenters. The number of anilines is 1. The summed E-state index contributed by atoms with van der Waals surface area (Å²) in [6, 6.07) is 6.41. The fourth-order valence-corrected chi connectivity index (χ4v) is 4.12. The number of hydrogen-bond acceptors (Lipinski definition) is 6. The van der Waals surface area contributed by atoms with Gasteiger partial charge in [-0.05, 0) is 24.1 Å². The molecule has 4 heterocycles. The summed E-state index contributed by atoms with van der Waals surface area (Å²) < 4.78 is 0. The lowest BCUT2D eigenvalue weighted by Gasteiger charge is -2.35. The van der Waals surface area contributed by atoms with Gasteiger partial charge in [-0.1, -0.05) is 13.0 Å². The summed E-state index contributed by atoms with van der Waals surface area (Å²) in [5.41, 5.74) is 1.28. The van der Waals surface area contributed by atoms with Crippen LogP contribution >= 0.6 is 11.3 Å². The van der Waals surface area contributed by atoms with Crippen molar-refractivity contribution in [3.63, 3.8) is 0 Å². The van der Waals surface area contributed by atoms with Crippen LogP contribution in [0.15, 0.2) is 36.9 Å². The van der Waals surface area contributed by atoms with Gasteiger partial charge in [-0.25, -0.2) is 9.97 Å². The van der Waals surface area contributed by atoms with E-state index in [0.717, 1.165) is 49.8 Å². The Morgan fingerprint density at radius 3 is 2.79 bits per heavy atom. The molecule has 0 saturated carbocycles.